The fourth-order valence-corrected chi connectivity index (χ4v) is 2.26. The second-order valence-electron chi connectivity index (χ2n) is 3.10. The molecule has 0 radical (unpaired) electrons. The van der Waals surface area contributed by atoms with Crippen molar-refractivity contribution in [2.75, 3.05) is 5.32 Å². The third kappa shape index (κ3) is 2.35. The Morgan fingerprint density at radius 1 is 1.38 bits per heavy atom. The summed E-state index contributed by atoms with van der Waals surface area (Å²) in [5.41, 5.74) is 0.537. The van der Waals surface area contributed by atoms with Crippen LogP contribution in [0.3, 0.4) is 0 Å². The highest BCUT2D eigenvalue weighted by Crippen LogP contribution is 2.23. The van der Waals surface area contributed by atoms with Gasteiger partial charge in [0.15, 0.2) is 0 Å². The SMILES string of the molecule is O=C(Nc1cccc(O)c1)c1sccc1Cl. The Kier molecular flexibility index (Phi) is 3.12. The molecule has 0 aliphatic rings. The van der Waals surface area contributed by atoms with Gasteiger partial charge in [-0.15, -0.1) is 11.3 Å². The number of hydrogen-bond donors (Lipinski definition) is 2. The highest BCUT2D eigenvalue weighted by molar-refractivity contribution is 7.12. The molecule has 1 aromatic carbocycles. The number of halogens is 1. The number of hydrogen-bond acceptors (Lipinski definition) is 3. The standard InChI is InChI=1S/C11H8ClNO2S/c12-9-4-5-16-10(9)11(15)13-7-2-1-3-8(14)6-7/h1-6,14H,(H,13,15). The second kappa shape index (κ2) is 4.55. The summed E-state index contributed by atoms with van der Waals surface area (Å²) in [5.74, 6) is -0.166. The molecular formula is C11H8ClNO2S. The van der Waals surface area contributed by atoms with Crippen LogP contribution in [0.5, 0.6) is 5.75 Å². The molecule has 2 rings (SSSR count). The van der Waals surface area contributed by atoms with Crippen molar-refractivity contribution in [1.82, 2.24) is 0 Å². The van der Waals surface area contributed by atoms with Crippen LogP contribution in [0.15, 0.2) is 35.7 Å². The monoisotopic (exact) mass is 253 g/mol. The number of carbonyl (C=O) groups excluding carboxylic acids is 1. The summed E-state index contributed by atoms with van der Waals surface area (Å²) in [7, 11) is 0. The van der Waals surface area contributed by atoms with E-state index < -0.39 is 0 Å². The minimum absolute atomic E-state index is 0.107. The van der Waals surface area contributed by atoms with Gasteiger partial charge in [0, 0.05) is 11.8 Å². The van der Waals surface area contributed by atoms with Gasteiger partial charge in [-0.2, -0.15) is 0 Å². The minimum Gasteiger partial charge on any atom is -0.508 e. The predicted molar refractivity (Wildman–Crippen MR) is 65.4 cm³/mol. The highest BCUT2D eigenvalue weighted by Gasteiger charge is 2.11. The van der Waals surface area contributed by atoms with Crippen LogP contribution >= 0.6 is 22.9 Å². The maximum atomic E-state index is 11.7. The van der Waals surface area contributed by atoms with E-state index in [1.54, 1.807) is 23.6 Å². The normalized spacial score (nSPS) is 10.1. The number of aromatic hydroxyl groups is 1. The van der Waals surface area contributed by atoms with Crippen LogP contribution in [-0.2, 0) is 0 Å². The lowest BCUT2D eigenvalue weighted by Gasteiger charge is -2.04. The number of phenolic OH excluding ortho intramolecular Hbond substituents is 1. The molecule has 0 aliphatic carbocycles. The van der Waals surface area contributed by atoms with E-state index in [0.717, 1.165) is 0 Å². The smallest absolute Gasteiger partial charge is 0.267 e. The summed E-state index contributed by atoms with van der Waals surface area (Å²) in [5, 5.41) is 14.1. The van der Waals surface area contributed by atoms with E-state index in [4.69, 9.17) is 11.6 Å². The molecule has 0 spiro atoms. The van der Waals surface area contributed by atoms with Crippen molar-refractivity contribution in [2.45, 2.75) is 0 Å². The average molecular weight is 254 g/mol. The van der Waals surface area contributed by atoms with E-state index in [9.17, 15) is 9.90 Å². The van der Waals surface area contributed by atoms with Gasteiger partial charge in [-0.3, -0.25) is 4.79 Å². The molecule has 0 bridgehead atoms. The van der Waals surface area contributed by atoms with Crippen molar-refractivity contribution in [2.24, 2.45) is 0 Å². The number of rotatable bonds is 2. The van der Waals surface area contributed by atoms with Crippen LogP contribution in [0.4, 0.5) is 5.69 Å². The summed E-state index contributed by atoms with van der Waals surface area (Å²) in [6, 6.07) is 8.02. The van der Waals surface area contributed by atoms with Crippen molar-refractivity contribution in [3.05, 3.63) is 45.6 Å². The van der Waals surface area contributed by atoms with E-state index in [0.29, 0.717) is 15.6 Å². The molecule has 1 amide bonds. The molecular weight excluding hydrogens is 246 g/mol. The maximum absolute atomic E-state index is 11.7. The van der Waals surface area contributed by atoms with Gasteiger partial charge in [-0.05, 0) is 23.6 Å². The quantitative estimate of drug-likeness (QED) is 0.862. The van der Waals surface area contributed by atoms with Crippen LogP contribution in [0.2, 0.25) is 5.02 Å². The second-order valence-corrected chi connectivity index (χ2v) is 4.43. The largest absolute Gasteiger partial charge is 0.508 e. The fourth-order valence-electron chi connectivity index (χ4n) is 1.23. The first-order valence-corrected chi connectivity index (χ1v) is 5.76. The van der Waals surface area contributed by atoms with Gasteiger partial charge in [0.2, 0.25) is 0 Å². The number of thiophene rings is 1. The maximum Gasteiger partial charge on any atom is 0.267 e. The van der Waals surface area contributed by atoms with E-state index in [1.807, 2.05) is 0 Å². The van der Waals surface area contributed by atoms with E-state index in [-0.39, 0.29) is 11.7 Å². The Hall–Kier alpha value is -1.52. The van der Waals surface area contributed by atoms with Crippen LogP contribution in [0.25, 0.3) is 0 Å². The number of amides is 1. The molecule has 0 aliphatic heterocycles. The van der Waals surface area contributed by atoms with Gasteiger partial charge in [-0.25, -0.2) is 0 Å². The topological polar surface area (TPSA) is 49.3 Å². The van der Waals surface area contributed by atoms with Gasteiger partial charge in [0.05, 0.1) is 5.02 Å². The Bertz CT molecular complexity index is 524. The lowest BCUT2D eigenvalue weighted by atomic mass is 10.3. The summed E-state index contributed by atoms with van der Waals surface area (Å²) >= 11 is 7.11. The van der Waals surface area contributed by atoms with Crippen molar-refractivity contribution in [3.8, 4) is 5.75 Å². The number of benzene rings is 1. The fraction of sp³-hybridized carbons (Fsp3) is 0. The van der Waals surface area contributed by atoms with Crippen molar-refractivity contribution in [3.63, 3.8) is 0 Å². The molecule has 82 valence electrons. The lowest BCUT2D eigenvalue weighted by molar-refractivity contribution is 0.103. The average Bonchev–Trinajstić information content (AvgIpc) is 2.64. The molecule has 0 fully saturated rings. The molecule has 0 saturated heterocycles. The molecule has 3 nitrogen and oxygen atoms in total. The van der Waals surface area contributed by atoms with Crippen molar-refractivity contribution >= 4 is 34.5 Å². The Morgan fingerprint density at radius 3 is 2.81 bits per heavy atom. The first-order valence-electron chi connectivity index (χ1n) is 4.50. The van der Waals surface area contributed by atoms with Gasteiger partial charge in [0.1, 0.15) is 10.6 Å². The van der Waals surface area contributed by atoms with Crippen molar-refractivity contribution in [1.29, 1.82) is 0 Å². The zero-order valence-corrected chi connectivity index (χ0v) is 9.68. The van der Waals surface area contributed by atoms with E-state index in [2.05, 4.69) is 5.32 Å². The molecule has 16 heavy (non-hydrogen) atoms. The Morgan fingerprint density at radius 2 is 2.19 bits per heavy atom. The van der Waals surface area contributed by atoms with Gasteiger partial charge in [0.25, 0.3) is 5.91 Å². The van der Waals surface area contributed by atoms with Crippen LogP contribution in [-0.4, -0.2) is 11.0 Å². The van der Waals surface area contributed by atoms with Crippen LogP contribution in [0.1, 0.15) is 9.67 Å². The Labute approximate surface area is 101 Å². The minimum atomic E-state index is -0.273. The zero-order valence-electron chi connectivity index (χ0n) is 8.11. The highest BCUT2D eigenvalue weighted by atomic mass is 35.5. The zero-order chi connectivity index (χ0) is 11.5. The molecule has 2 aromatic rings. The van der Waals surface area contributed by atoms with E-state index in [1.165, 1.54) is 23.5 Å². The van der Waals surface area contributed by atoms with Gasteiger partial charge in [-0.1, -0.05) is 17.7 Å². The number of anilines is 1. The molecule has 5 heteroatoms. The van der Waals surface area contributed by atoms with E-state index >= 15 is 0 Å². The third-order valence-corrected chi connectivity index (χ3v) is 3.27. The molecule has 0 saturated carbocycles. The molecule has 1 aromatic heterocycles. The van der Waals surface area contributed by atoms with Crippen molar-refractivity contribution < 1.29 is 9.90 Å². The van der Waals surface area contributed by atoms with Gasteiger partial charge < -0.3 is 10.4 Å². The third-order valence-electron chi connectivity index (χ3n) is 1.93. The first kappa shape index (κ1) is 11.0. The Balaban J connectivity index is 2.17. The summed E-state index contributed by atoms with van der Waals surface area (Å²) in [6.45, 7) is 0. The number of carbonyl (C=O) groups is 1. The molecule has 1 heterocycles. The van der Waals surface area contributed by atoms with Gasteiger partial charge >= 0.3 is 0 Å². The summed E-state index contributed by atoms with van der Waals surface area (Å²) < 4.78 is 0. The summed E-state index contributed by atoms with van der Waals surface area (Å²) in [6.07, 6.45) is 0. The van der Waals surface area contributed by atoms with Crippen LogP contribution < -0.4 is 5.32 Å². The molecule has 2 N–H and O–H groups in total. The predicted octanol–water partition coefficient (Wildman–Crippen LogP) is 3.36. The first-order chi connectivity index (χ1) is 7.66. The van der Waals surface area contributed by atoms with Crippen LogP contribution in [0, 0.1) is 0 Å². The molecule has 0 atom stereocenters. The molecule has 0 unspecified atom stereocenters. The summed E-state index contributed by atoms with van der Waals surface area (Å²) in [4.78, 5) is 12.2. The lowest BCUT2D eigenvalue weighted by Crippen LogP contribution is -2.10. The number of phenols is 1. The number of nitrogens with one attached hydrogen (secondary N) is 1.